The summed E-state index contributed by atoms with van der Waals surface area (Å²) in [6.07, 6.45) is 1.64. The molecule has 0 radical (unpaired) electrons. The Morgan fingerprint density at radius 3 is 2.94 bits per heavy atom. The van der Waals surface area contributed by atoms with Crippen LogP contribution in [-0.4, -0.2) is 11.6 Å². The molecule has 0 bridgehead atoms. The van der Waals surface area contributed by atoms with Gasteiger partial charge in [-0.15, -0.1) is 0 Å². The molecule has 2 N–H and O–H groups in total. The van der Waals surface area contributed by atoms with Gasteiger partial charge in [-0.05, 0) is 13.0 Å². The van der Waals surface area contributed by atoms with Crippen molar-refractivity contribution in [2.75, 3.05) is 12.3 Å². The van der Waals surface area contributed by atoms with Crippen LogP contribution in [0.1, 0.15) is 12.5 Å². The molecule has 2 aromatic rings. The second-order valence-corrected chi connectivity index (χ2v) is 3.46. The maximum absolute atomic E-state index is 5.91. The van der Waals surface area contributed by atoms with Crippen molar-refractivity contribution in [1.29, 1.82) is 0 Å². The Morgan fingerprint density at radius 2 is 2.19 bits per heavy atom. The largest absolute Gasteiger partial charge is 0.494 e. The monoisotopic (exact) mass is 214 g/mol. The van der Waals surface area contributed by atoms with Crippen molar-refractivity contribution in [1.82, 2.24) is 4.98 Å². The average Bonchev–Trinajstić information content (AvgIpc) is 2.29. The minimum Gasteiger partial charge on any atom is -0.494 e. The predicted octanol–water partition coefficient (Wildman–Crippen LogP) is 2.82. The van der Waals surface area contributed by atoms with E-state index in [4.69, 9.17) is 10.5 Å². The number of hydrogen-bond donors (Lipinski definition) is 1. The van der Waals surface area contributed by atoms with Gasteiger partial charge in [-0.1, -0.05) is 24.8 Å². The predicted molar refractivity (Wildman–Crippen MR) is 66.8 cm³/mol. The van der Waals surface area contributed by atoms with Gasteiger partial charge in [0.1, 0.15) is 5.76 Å². The molecular formula is C13H14N2O. The number of benzene rings is 1. The Morgan fingerprint density at radius 1 is 1.44 bits per heavy atom. The molecule has 0 fully saturated rings. The summed E-state index contributed by atoms with van der Waals surface area (Å²) in [7, 11) is 0. The summed E-state index contributed by atoms with van der Waals surface area (Å²) >= 11 is 0. The lowest BCUT2D eigenvalue weighted by Crippen LogP contribution is -1.99. The molecule has 2 rings (SSSR count). The Hall–Kier alpha value is -2.03. The van der Waals surface area contributed by atoms with E-state index in [-0.39, 0.29) is 0 Å². The summed E-state index contributed by atoms with van der Waals surface area (Å²) in [5, 5.41) is 0.973. The summed E-state index contributed by atoms with van der Waals surface area (Å²) < 4.78 is 5.41. The highest BCUT2D eigenvalue weighted by molar-refractivity contribution is 5.94. The van der Waals surface area contributed by atoms with Crippen LogP contribution in [0, 0.1) is 0 Å². The van der Waals surface area contributed by atoms with Gasteiger partial charge in [0, 0.05) is 10.9 Å². The second-order valence-electron chi connectivity index (χ2n) is 3.46. The average molecular weight is 214 g/mol. The molecule has 1 heterocycles. The molecule has 1 aromatic carbocycles. The van der Waals surface area contributed by atoms with Crippen LogP contribution < -0.4 is 5.73 Å². The van der Waals surface area contributed by atoms with E-state index in [2.05, 4.69) is 11.6 Å². The van der Waals surface area contributed by atoms with Gasteiger partial charge >= 0.3 is 0 Å². The molecule has 3 heteroatoms. The summed E-state index contributed by atoms with van der Waals surface area (Å²) in [6, 6.07) is 7.81. The summed E-state index contributed by atoms with van der Waals surface area (Å²) in [4.78, 5) is 4.26. The molecule has 0 atom stereocenters. The normalized spacial score (nSPS) is 10.3. The van der Waals surface area contributed by atoms with Crippen LogP contribution in [0.25, 0.3) is 16.7 Å². The van der Waals surface area contributed by atoms with Crippen LogP contribution >= 0.6 is 0 Å². The number of nitrogen functional groups attached to an aromatic ring is 1. The number of ether oxygens (including phenoxy) is 1. The molecule has 82 valence electrons. The Labute approximate surface area is 94.6 Å². The lowest BCUT2D eigenvalue weighted by atomic mass is 10.1. The fraction of sp³-hybridized carbons (Fsp3) is 0.154. The Bertz CT molecular complexity index is 534. The zero-order chi connectivity index (χ0) is 11.5. The van der Waals surface area contributed by atoms with Gasteiger partial charge in [0.25, 0.3) is 0 Å². The van der Waals surface area contributed by atoms with Crippen molar-refractivity contribution < 1.29 is 4.74 Å². The van der Waals surface area contributed by atoms with Crippen molar-refractivity contribution in [3.8, 4) is 0 Å². The van der Waals surface area contributed by atoms with Crippen molar-refractivity contribution in [2.24, 2.45) is 0 Å². The van der Waals surface area contributed by atoms with E-state index < -0.39 is 0 Å². The van der Waals surface area contributed by atoms with Gasteiger partial charge in [0.15, 0.2) is 0 Å². The zero-order valence-corrected chi connectivity index (χ0v) is 9.23. The molecule has 0 aliphatic carbocycles. The van der Waals surface area contributed by atoms with Crippen molar-refractivity contribution in [3.05, 3.63) is 42.6 Å². The van der Waals surface area contributed by atoms with E-state index in [1.807, 2.05) is 31.2 Å². The highest BCUT2D eigenvalue weighted by Crippen LogP contribution is 2.28. The van der Waals surface area contributed by atoms with E-state index in [1.165, 1.54) is 0 Å². The first kappa shape index (κ1) is 10.5. The third-order valence-electron chi connectivity index (χ3n) is 2.40. The number of nitrogens with two attached hydrogens (primary N) is 1. The Kier molecular flexibility index (Phi) is 2.77. The minimum atomic E-state index is 0.578. The fourth-order valence-corrected chi connectivity index (χ4v) is 1.71. The summed E-state index contributed by atoms with van der Waals surface area (Å²) in [6.45, 7) is 6.40. The molecular weight excluding hydrogens is 200 g/mol. The third kappa shape index (κ3) is 1.72. The van der Waals surface area contributed by atoms with E-state index >= 15 is 0 Å². The van der Waals surface area contributed by atoms with Crippen LogP contribution in [0.5, 0.6) is 0 Å². The Balaban J connectivity index is 2.66. The van der Waals surface area contributed by atoms with E-state index in [9.17, 15) is 0 Å². The molecule has 0 aliphatic rings. The number of para-hydroxylation sites is 1. The van der Waals surface area contributed by atoms with Gasteiger partial charge < -0.3 is 10.5 Å². The first-order valence-corrected chi connectivity index (χ1v) is 5.19. The summed E-state index contributed by atoms with van der Waals surface area (Å²) in [5.74, 6) is 0.596. The first-order chi connectivity index (χ1) is 7.74. The van der Waals surface area contributed by atoms with Gasteiger partial charge in [-0.3, -0.25) is 4.98 Å². The SMILES string of the molecule is C=C(OCC)c1c(N)cnc2ccccc12. The van der Waals surface area contributed by atoms with Gasteiger partial charge in [0.2, 0.25) is 0 Å². The lowest BCUT2D eigenvalue weighted by molar-refractivity contribution is 0.300. The van der Waals surface area contributed by atoms with Crippen LogP contribution in [-0.2, 0) is 4.74 Å². The second kappa shape index (κ2) is 4.23. The number of pyridine rings is 1. The molecule has 3 nitrogen and oxygen atoms in total. The minimum absolute atomic E-state index is 0.578. The van der Waals surface area contributed by atoms with E-state index in [0.717, 1.165) is 16.5 Å². The third-order valence-corrected chi connectivity index (χ3v) is 2.40. The van der Waals surface area contributed by atoms with Gasteiger partial charge in [-0.2, -0.15) is 0 Å². The molecule has 0 saturated carbocycles. The molecule has 0 aliphatic heterocycles. The zero-order valence-electron chi connectivity index (χ0n) is 9.23. The molecule has 0 unspecified atom stereocenters. The molecule has 0 amide bonds. The number of hydrogen-bond acceptors (Lipinski definition) is 3. The topological polar surface area (TPSA) is 48.1 Å². The maximum Gasteiger partial charge on any atom is 0.122 e. The van der Waals surface area contributed by atoms with Crippen LogP contribution in [0.3, 0.4) is 0 Å². The van der Waals surface area contributed by atoms with E-state index in [1.54, 1.807) is 6.20 Å². The van der Waals surface area contributed by atoms with E-state index in [0.29, 0.717) is 18.1 Å². The van der Waals surface area contributed by atoms with Gasteiger partial charge in [-0.25, -0.2) is 0 Å². The number of rotatable bonds is 3. The highest BCUT2D eigenvalue weighted by Gasteiger charge is 2.10. The molecule has 1 aromatic heterocycles. The fourth-order valence-electron chi connectivity index (χ4n) is 1.71. The number of fused-ring (bicyclic) bond motifs is 1. The van der Waals surface area contributed by atoms with Crippen molar-refractivity contribution >= 4 is 22.3 Å². The number of nitrogens with zero attached hydrogens (tertiary/aromatic N) is 1. The first-order valence-electron chi connectivity index (χ1n) is 5.19. The van der Waals surface area contributed by atoms with Crippen LogP contribution in [0.15, 0.2) is 37.0 Å². The quantitative estimate of drug-likeness (QED) is 0.799. The number of anilines is 1. The standard InChI is InChI=1S/C13H14N2O/c1-3-16-9(2)13-10-6-4-5-7-12(10)15-8-11(13)14/h4-8H,2-3,14H2,1H3. The summed E-state index contributed by atoms with van der Waals surface area (Å²) in [5.41, 5.74) is 8.25. The molecule has 0 saturated heterocycles. The maximum atomic E-state index is 5.91. The lowest BCUT2D eigenvalue weighted by Gasteiger charge is -2.12. The smallest absolute Gasteiger partial charge is 0.122 e. The number of aromatic nitrogens is 1. The highest BCUT2D eigenvalue weighted by atomic mass is 16.5. The van der Waals surface area contributed by atoms with Crippen molar-refractivity contribution in [3.63, 3.8) is 0 Å². The molecule has 0 spiro atoms. The van der Waals surface area contributed by atoms with Crippen LogP contribution in [0.2, 0.25) is 0 Å². The van der Waals surface area contributed by atoms with Gasteiger partial charge in [0.05, 0.1) is 24.0 Å². The van der Waals surface area contributed by atoms with Crippen LogP contribution in [0.4, 0.5) is 5.69 Å². The van der Waals surface area contributed by atoms with Crippen molar-refractivity contribution in [2.45, 2.75) is 6.92 Å². The molecule has 16 heavy (non-hydrogen) atoms.